The van der Waals surface area contributed by atoms with Crippen molar-refractivity contribution in [3.63, 3.8) is 0 Å². The van der Waals surface area contributed by atoms with Crippen molar-refractivity contribution in [2.75, 3.05) is 0 Å². The lowest BCUT2D eigenvalue weighted by Crippen LogP contribution is -2.18. The molecule has 0 aliphatic carbocycles. The zero-order valence-corrected chi connectivity index (χ0v) is 31.3. The molecule has 0 rings (SSSR count). The third-order valence-corrected chi connectivity index (χ3v) is 8.44. The van der Waals surface area contributed by atoms with E-state index in [9.17, 15) is 9.59 Å². The Labute approximate surface area is 297 Å². The highest BCUT2D eigenvalue weighted by molar-refractivity contribution is 5.69. The van der Waals surface area contributed by atoms with Crippen molar-refractivity contribution < 1.29 is 19.4 Å². The molecule has 0 radical (unpaired) electrons. The molecule has 0 saturated heterocycles. The zero-order chi connectivity index (χ0) is 35.0. The minimum atomic E-state index is -0.753. The smallest absolute Gasteiger partial charge is 0.306 e. The highest BCUT2D eigenvalue weighted by atomic mass is 16.5. The molecule has 1 atom stereocenters. The SMILES string of the molecule is CC/C=C\C/C=C\C/C=C\C/C=C\C/C=C\C/C=C\CCCCC(=O)OC(CCCCCCCCCCCCCC)CCCCC(=O)O. The third kappa shape index (κ3) is 37.8. The summed E-state index contributed by atoms with van der Waals surface area (Å²) in [6.07, 6.45) is 54.8. The lowest BCUT2D eigenvalue weighted by Gasteiger charge is -2.18. The molecule has 4 nitrogen and oxygen atoms in total. The largest absolute Gasteiger partial charge is 0.481 e. The van der Waals surface area contributed by atoms with Gasteiger partial charge < -0.3 is 9.84 Å². The van der Waals surface area contributed by atoms with E-state index in [0.717, 1.165) is 83.5 Å². The van der Waals surface area contributed by atoms with Crippen LogP contribution < -0.4 is 0 Å². The zero-order valence-electron chi connectivity index (χ0n) is 31.3. The van der Waals surface area contributed by atoms with Gasteiger partial charge in [-0.3, -0.25) is 9.59 Å². The van der Waals surface area contributed by atoms with Crippen LogP contribution in [0.5, 0.6) is 0 Å². The second kappa shape index (κ2) is 38.8. The van der Waals surface area contributed by atoms with Crippen molar-refractivity contribution in [2.24, 2.45) is 0 Å². The van der Waals surface area contributed by atoms with Gasteiger partial charge in [0.1, 0.15) is 6.10 Å². The number of hydrogen-bond donors (Lipinski definition) is 1. The summed E-state index contributed by atoms with van der Waals surface area (Å²) in [7, 11) is 0. The van der Waals surface area contributed by atoms with Gasteiger partial charge in [-0.25, -0.2) is 0 Å². The summed E-state index contributed by atoms with van der Waals surface area (Å²) >= 11 is 0. The number of unbranched alkanes of at least 4 members (excludes halogenated alkanes) is 14. The quantitative estimate of drug-likeness (QED) is 0.0415. The van der Waals surface area contributed by atoms with E-state index in [1.54, 1.807) is 0 Å². The normalized spacial score (nSPS) is 13.0. The first-order chi connectivity index (χ1) is 23.6. The van der Waals surface area contributed by atoms with E-state index in [-0.39, 0.29) is 18.5 Å². The monoisotopic (exact) mass is 667 g/mol. The number of esters is 1. The fourth-order valence-corrected chi connectivity index (χ4v) is 5.54. The second-order valence-electron chi connectivity index (χ2n) is 13.1. The van der Waals surface area contributed by atoms with E-state index in [4.69, 9.17) is 9.84 Å². The first-order valence-electron chi connectivity index (χ1n) is 19.9. The molecule has 0 saturated carbocycles. The van der Waals surface area contributed by atoms with Crippen LogP contribution >= 0.6 is 0 Å². The highest BCUT2D eigenvalue weighted by Crippen LogP contribution is 2.18. The van der Waals surface area contributed by atoms with Gasteiger partial charge in [-0.1, -0.05) is 157 Å². The summed E-state index contributed by atoms with van der Waals surface area (Å²) in [5.41, 5.74) is 0. The number of carboxylic acid groups (broad SMARTS) is 1. The van der Waals surface area contributed by atoms with Gasteiger partial charge in [0.2, 0.25) is 0 Å². The van der Waals surface area contributed by atoms with E-state index < -0.39 is 5.97 Å². The Morgan fingerprint density at radius 2 is 0.875 bits per heavy atom. The predicted molar refractivity (Wildman–Crippen MR) is 208 cm³/mol. The van der Waals surface area contributed by atoms with Crippen molar-refractivity contribution in [3.05, 3.63) is 72.9 Å². The number of hydrogen-bond acceptors (Lipinski definition) is 3. The first kappa shape index (κ1) is 45.4. The molecule has 0 aliphatic heterocycles. The van der Waals surface area contributed by atoms with E-state index in [0.29, 0.717) is 12.8 Å². The Balaban J connectivity index is 4.00. The molecule has 274 valence electrons. The van der Waals surface area contributed by atoms with E-state index >= 15 is 0 Å². The summed E-state index contributed by atoms with van der Waals surface area (Å²) in [5, 5.41) is 8.94. The molecule has 1 N–H and O–H groups in total. The number of allylic oxidation sites excluding steroid dienone is 12. The molecule has 1 unspecified atom stereocenters. The van der Waals surface area contributed by atoms with Crippen LogP contribution in [0, 0.1) is 0 Å². The van der Waals surface area contributed by atoms with Crippen LogP contribution in [0.25, 0.3) is 0 Å². The van der Waals surface area contributed by atoms with Gasteiger partial charge in [0.25, 0.3) is 0 Å². The Bertz CT molecular complexity index is 892. The van der Waals surface area contributed by atoms with Gasteiger partial charge in [0.05, 0.1) is 0 Å². The molecule has 0 aromatic carbocycles. The van der Waals surface area contributed by atoms with Crippen molar-refractivity contribution in [3.8, 4) is 0 Å². The van der Waals surface area contributed by atoms with Crippen LogP contribution in [0.4, 0.5) is 0 Å². The van der Waals surface area contributed by atoms with Gasteiger partial charge in [0, 0.05) is 12.8 Å². The third-order valence-electron chi connectivity index (χ3n) is 8.44. The van der Waals surface area contributed by atoms with Gasteiger partial charge in [0.15, 0.2) is 0 Å². The Kier molecular flexibility index (Phi) is 36.7. The molecule has 0 fully saturated rings. The molecule has 0 amide bonds. The summed E-state index contributed by atoms with van der Waals surface area (Å²) in [6, 6.07) is 0. The summed E-state index contributed by atoms with van der Waals surface area (Å²) in [4.78, 5) is 23.4. The Morgan fingerprint density at radius 3 is 1.33 bits per heavy atom. The minimum absolute atomic E-state index is 0.0715. The average molecular weight is 667 g/mol. The van der Waals surface area contributed by atoms with Gasteiger partial charge >= 0.3 is 11.9 Å². The van der Waals surface area contributed by atoms with Crippen LogP contribution in [0.1, 0.15) is 187 Å². The lowest BCUT2D eigenvalue weighted by molar-refractivity contribution is -0.150. The number of ether oxygens (including phenoxy) is 1. The molecule has 0 aliphatic rings. The maximum absolute atomic E-state index is 12.6. The van der Waals surface area contributed by atoms with Crippen molar-refractivity contribution in [1.29, 1.82) is 0 Å². The average Bonchev–Trinajstić information content (AvgIpc) is 3.07. The van der Waals surface area contributed by atoms with Crippen molar-refractivity contribution >= 4 is 11.9 Å². The second-order valence-corrected chi connectivity index (χ2v) is 13.1. The van der Waals surface area contributed by atoms with Gasteiger partial charge in [-0.15, -0.1) is 0 Å². The van der Waals surface area contributed by atoms with Crippen molar-refractivity contribution in [2.45, 2.75) is 193 Å². The molecule has 0 aromatic rings. The first-order valence-corrected chi connectivity index (χ1v) is 19.9. The highest BCUT2D eigenvalue weighted by Gasteiger charge is 2.14. The number of carbonyl (C=O) groups excluding carboxylic acids is 1. The topological polar surface area (TPSA) is 63.6 Å². The molecule has 0 aromatic heterocycles. The lowest BCUT2D eigenvalue weighted by atomic mass is 10.0. The van der Waals surface area contributed by atoms with E-state index in [2.05, 4.69) is 86.8 Å². The summed E-state index contributed by atoms with van der Waals surface area (Å²) in [6.45, 7) is 4.42. The molecule has 0 spiro atoms. The van der Waals surface area contributed by atoms with Crippen LogP contribution in [0.15, 0.2) is 72.9 Å². The van der Waals surface area contributed by atoms with Crippen LogP contribution in [-0.4, -0.2) is 23.1 Å². The number of carbonyl (C=O) groups is 2. The minimum Gasteiger partial charge on any atom is -0.481 e. The number of rotatable bonds is 35. The maximum atomic E-state index is 12.6. The van der Waals surface area contributed by atoms with Crippen LogP contribution in [0.3, 0.4) is 0 Å². The molecule has 48 heavy (non-hydrogen) atoms. The fourth-order valence-electron chi connectivity index (χ4n) is 5.54. The molecule has 0 heterocycles. The number of carboxylic acids is 1. The van der Waals surface area contributed by atoms with Gasteiger partial charge in [-0.2, -0.15) is 0 Å². The van der Waals surface area contributed by atoms with E-state index in [1.165, 1.54) is 70.6 Å². The Morgan fingerprint density at radius 1 is 0.479 bits per heavy atom. The maximum Gasteiger partial charge on any atom is 0.306 e. The van der Waals surface area contributed by atoms with Crippen molar-refractivity contribution in [1.82, 2.24) is 0 Å². The predicted octanol–water partition coefficient (Wildman–Crippen LogP) is 13.9. The summed E-state index contributed by atoms with van der Waals surface area (Å²) < 4.78 is 5.87. The molecular formula is C44H74O4. The van der Waals surface area contributed by atoms with E-state index in [1.807, 2.05) is 0 Å². The fraction of sp³-hybridized carbons (Fsp3) is 0.682. The van der Waals surface area contributed by atoms with Gasteiger partial charge in [-0.05, 0) is 89.9 Å². The van der Waals surface area contributed by atoms with Crippen LogP contribution in [-0.2, 0) is 14.3 Å². The van der Waals surface area contributed by atoms with Crippen LogP contribution in [0.2, 0.25) is 0 Å². The Hall–Kier alpha value is -2.62. The summed E-state index contributed by atoms with van der Waals surface area (Å²) in [5.74, 6) is -0.851. The molecule has 0 bridgehead atoms. The molecular weight excluding hydrogens is 592 g/mol. The standard InChI is InChI=1S/C44H74O4/c1-3-5-7-9-11-13-15-17-18-19-20-21-22-23-24-25-27-29-31-33-35-41-44(47)48-42(39-36-37-40-43(45)46)38-34-32-30-28-26-16-14-12-10-8-6-4-2/h5,7,11,13,17-18,20-21,23-24,27,29,42H,3-4,6,8-10,12,14-16,19,22,25-26,28,30-41H2,1-2H3,(H,45,46)/b7-5-,13-11-,18-17-,21-20-,24-23-,29-27-. The molecule has 4 heteroatoms. The number of aliphatic carboxylic acids is 1.